The summed E-state index contributed by atoms with van der Waals surface area (Å²) in [5, 5.41) is 0.376. The maximum Gasteiger partial charge on any atom is 0.343 e. The summed E-state index contributed by atoms with van der Waals surface area (Å²) in [6, 6.07) is 16.5. The fourth-order valence-corrected chi connectivity index (χ4v) is 3.23. The second kappa shape index (κ2) is 8.85. The number of carbonyl (C=O) groups excluding carboxylic acids is 1. The molecule has 32 heavy (non-hydrogen) atoms. The van der Waals surface area contributed by atoms with Crippen molar-refractivity contribution in [1.29, 1.82) is 0 Å². The minimum Gasteiger partial charge on any atom is -0.497 e. The van der Waals surface area contributed by atoms with Crippen LogP contribution in [0.3, 0.4) is 0 Å². The molecule has 0 unspecified atom stereocenters. The van der Waals surface area contributed by atoms with Gasteiger partial charge in [0.1, 0.15) is 34.8 Å². The van der Waals surface area contributed by atoms with Gasteiger partial charge in [0.2, 0.25) is 0 Å². The summed E-state index contributed by atoms with van der Waals surface area (Å²) in [6.07, 6.45) is 1.39. The molecular formula is C25H20O7. The number of ether oxygens (including phenoxy) is 4. The van der Waals surface area contributed by atoms with Crippen molar-refractivity contribution in [3.8, 4) is 34.1 Å². The zero-order chi connectivity index (χ0) is 22.7. The van der Waals surface area contributed by atoms with Crippen molar-refractivity contribution in [2.75, 3.05) is 21.3 Å². The zero-order valence-electron chi connectivity index (χ0n) is 17.7. The van der Waals surface area contributed by atoms with Gasteiger partial charge in [-0.25, -0.2) is 4.79 Å². The third-order valence-corrected chi connectivity index (χ3v) is 4.94. The highest BCUT2D eigenvalue weighted by Gasteiger charge is 2.15. The fourth-order valence-electron chi connectivity index (χ4n) is 3.23. The molecule has 0 saturated heterocycles. The molecule has 162 valence electrons. The fraction of sp³-hybridized carbons (Fsp3) is 0.120. The van der Waals surface area contributed by atoms with Gasteiger partial charge in [0, 0.05) is 12.1 Å². The maximum atomic E-state index is 13.0. The van der Waals surface area contributed by atoms with Gasteiger partial charge in [-0.05, 0) is 42.0 Å². The Morgan fingerprint density at radius 3 is 2.00 bits per heavy atom. The van der Waals surface area contributed by atoms with Crippen LogP contribution in [0.5, 0.6) is 23.0 Å². The van der Waals surface area contributed by atoms with E-state index in [4.69, 9.17) is 23.4 Å². The molecule has 0 atom stereocenters. The SMILES string of the molecule is COc1ccc(-c2coc3cc(OC(=O)c4cc(OC)cc(OC)c4)ccc3c2=O)cc1. The van der Waals surface area contributed by atoms with Crippen molar-refractivity contribution in [1.82, 2.24) is 0 Å². The van der Waals surface area contributed by atoms with Crippen molar-refractivity contribution in [2.45, 2.75) is 0 Å². The molecule has 3 aromatic carbocycles. The van der Waals surface area contributed by atoms with Crippen LogP contribution in [-0.4, -0.2) is 27.3 Å². The molecule has 0 fully saturated rings. The van der Waals surface area contributed by atoms with Crippen LogP contribution in [0.25, 0.3) is 22.1 Å². The van der Waals surface area contributed by atoms with E-state index < -0.39 is 5.97 Å². The lowest BCUT2D eigenvalue weighted by atomic mass is 10.1. The van der Waals surface area contributed by atoms with Gasteiger partial charge >= 0.3 is 5.97 Å². The smallest absolute Gasteiger partial charge is 0.343 e. The number of fused-ring (bicyclic) bond motifs is 1. The standard InChI is InChI=1S/C25H20O7/c1-28-17-6-4-15(5-7-17)22-14-31-23-13-18(8-9-21(23)24(22)26)32-25(27)16-10-19(29-2)12-20(11-16)30-3/h4-14H,1-3H3. The lowest BCUT2D eigenvalue weighted by Gasteiger charge is -2.09. The molecule has 0 amide bonds. The molecule has 1 aromatic heterocycles. The Kier molecular flexibility index (Phi) is 5.81. The Hall–Kier alpha value is -4.26. The molecule has 0 N–H and O–H groups in total. The molecule has 0 radical (unpaired) electrons. The summed E-state index contributed by atoms with van der Waals surface area (Å²) < 4.78 is 26.7. The van der Waals surface area contributed by atoms with Crippen LogP contribution in [0.15, 0.2) is 76.1 Å². The maximum absolute atomic E-state index is 13.0. The van der Waals surface area contributed by atoms with E-state index in [0.717, 1.165) is 0 Å². The first-order valence-corrected chi connectivity index (χ1v) is 9.67. The van der Waals surface area contributed by atoms with E-state index in [-0.39, 0.29) is 16.7 Å². The van der Waals surface area contributed by atoms with Crippen LogP contribution >= 0.6 is 0 Å². The second-order valence-corrected chi connectivity index (χ2v) is 6.86. The number of rotatable bonds is 6. The molecule has 0 saturated carbocycles. The molecule has 0 aliphatic heterocycles. The van der Waals surface area contributed by atoms with Crippen LogP contribution in [0.1, 0.15) is 10.4 Å². The Morgan fingerprint density at radius 2 is 1.38 bits per heavy atom. The minimum atomic E-state index is -0.598. The van der Waals surface area contributed by atoms with Crippen LogP contribution in [0, 0.1) is 0 Å². The van der Waals surface area contributed by atoms with Crippen molar-refractivity contribution >= 4 is 16.9 Å². The second-order valence-electron chi connectivity index (χ2n) is 6.86. The zero-order valence-corrected chi connectivity index (χ0v) is 17.7. The van der Waals surface area contributed by atoms with E-state index in [9.17, 15) is 9.59 Å². The van der Waals surface area contributed by atoms with Gasteiger partial charge in [-0.1, -0.05) is 12.1 Å². The summed E-state index contributed by atoms with van der Waals surface area (Å²) in [5.74, 6) is 1.26. The average molecular weight is 432 g/mol. The molecule has 0 spiro atoms. The number of carbonyl (C=O) groups is 1. The molecule has 0 aliphatic rings. The van der Waals surface area contributed by atoms with E-state index in [1.165, 1.54) is 26.5 Å². The Morgan fingerprint density at radius 1 is 0.750 bits per heavy atom. The molecule has 4 aromatic rings. The number of hydrogen-bond acceptors (Lipinski definition) is 7. The molecule has 7 heteroatoms. The summed E-state index contributed by atoms with van der Waals surface area (Å²) in [6.45, 7) is 0. The van der Waals surface area contributed by atoms with Crippen LogP contribution in [-0.2, 0) is 0 Å². The highest BCUT2D eigenvalue weighted by molar-refractivity contribution is 5.92. The minimum absolute atomic E-state index is 0.188. The lowest BCUT2D eigenvalue weighted by Crippen LogP contribution is -2.10. The van der Waals surface area contributed by atoms with Gasteiger partial charge in [-0.2, -0.15) is 0 Å². The van der Waals surface area contributed by atoms with Gasteiger partial charge in [-0.15, -0.1) is 0 Å². The van der Waals surface area contributed by atoms with Crippen LogP contribution in [0.4, 0.5) is 0 Å². The Balaban J connectivity index is 1.63. The molecule has 0 bridgehead atoms. The number of hydrogen-bond donors (Lipinski definition) is 0. The highest BCUT2D eigenvalue weighted by Crippen LogP contribution is 2.26. The molecular weight excluding hydrogens is 412 g/mol. The van der Waals surface area contributed by atoms with E-state index in [1.807, 2.05) is 0 Å². The largest absolute Gasteiger partial charge is 0.497 e. The third-order valence-electron chi connectivity index (χ3n) is 4.94. The first kappa shape index (κ1) is 21.0. The van der Waals surface area contributed by atoms with Gasteiger partial charge in [0.05, 0.1) is 37.8 Å². The quantitative estimate of drug-likeness (QED) is 0.322. The van der Waals surface area contributed by atoms with Crippen molar-refractivity contribution < 1.29 is 28.2 Å². The van der Waals surface area contributed by atoms with Crippen molar-refractivity contribution in [2.24, 2.45) is 0 Å². The van der Waals surface area contributed by atoms with Gasteiger partial charge in [0.15, 0.2) is 5.43 Å². The van der Waals surface area contributed by atoms with Gasteiger partial charge in [-0.3, -0.25) is 4.79 Å². The van der Waals surface area contributed by atoms with E-state index >= 15 is 0 Å². The lowest BCUT2D eigenvalue weighted by molar-refractivity contribution is 0.0734. The van der Waals surface area contributed by atoms with Crippen LogP contribution < -0.4 is 24.4 Å². The van der Waals surface area contributed by atoms with Crippen molar-refractivity contribution in [3.05, 3.63) is 82.7 Å². The Labute approximate surface area is 183 Å². The monoisotopic (exact) mass is 432 g/mol. The van der Waals surface area contributed by atoms with E-state index in [0.29, 0.717) is 39.3 Å². The van der Waals surface area contributed by atoms with E-state index in [1.54, 1.807) is 61.7 Å². The summed E-state index contributed by atoms with van der Waals surface area (Å²) in [5.41, 5.74) is 1.52. The van der Waals surface area contributed by atoms with Gasteiger partial charge < -0.3 is 23.4 Å². The molecule has 4 rings (SSSR count). The normalized spacial score (nSPS) is 10.6. The van der Waals surface area contributed by atoms with E-state index in [2.05, 4.69) is 0 Å². The summed E-state index contributed by atoms with van der Waals surface area (Å²) in [7, 11) is 4.57. The first-order chi connectivity index (χ1) is 15.5. The number of esters is 1. The van der Waals surface area contributed by atoms with Crippen LogP contribution in [0.2, 0.25) is 0 Å². The first-order valence-electron chi connectivity index (χ1n) is 9.67. The van der Waals surface area contributed by atoms with Gasteiger partial charge in [0.25, 0.3) is 0 Å². The molecule has 7 nitrogen and oxygen atoms in total. The predicted molar refractivity (Wildman–Crippen MR) is 119 cm³/mol. The summed E-state index contributed by atoms with van der Waals surface area (Å²) in [4.78, 5) is 25.6. The average Bonchev–Trinajstić information content (AvgIpc) is 2.84. The third kappa shape index (κ3) is 4.13. The molecule has 1 heterocycles. The number of methoxy groups -OCH3 is 3. The Bertz CT molecular complexity index is 1310. The topological polar surface area (TPSA) is 84.2 Å². The number of benzene rings is 3. The predicted octanol–water partition coefficient (Wildman–Crippen LogP) is 4.71. The highest BCUT2D eigenvalue weighted by atomic mass is 16.5. The van der Waals surface area contributed by atoms with Crippen molar-refractivity contribution in [3.63, 3.8) is 0 Å². The summed E-state index contributed by atoms with van der Waals surface area (Å²) >= 11 is 0. The molecule has 0 aliphatic carbocycles.